The van der Waals surface area contributed by atoms with Gasteiger partial charge in [0, 0.05) is 35.1 Å². The Kier molecular flexibility index (Phi) is 6.97. The molecule has 1 aliphatic rings. The number of aryl methyl sites for hydroxylation is 1. The number of nitrogens with one attached hydrogen (secondary N) is 1. The summed E-state index contributed by atoms with van der Waals surface area (Å²) < 4.78 is 5.25. The first-order chi connectivity index (χ1) is 13.3. The van der Waals surface area contributed by atoms with Crippen molar-refractivity contribution in [2.45, 2.75) is 32.2 Å². The lowest BCUT2D eigenvalue weighted by molar-refractivity contribution is 0.161. The Balaban J connectivity index is 0.00000120. The van der Waals surface area contributed by atoms with Crippen molar-refractivity contribution in [3.8, 4) is 11.5 Å². The van der Waals surface area contributed by atoms with Gasteiger partial charge in [-0.2, -0.15) is 5.10 Å². The third-order valence-corrected chi connectivity index (χ3v) is 6.20. The van der Waals surface area contributed by atoms with Crippen molar-refractivity contribution in [2.75, 3.05) is 6.54 Å². The number of hydrogen-bond donors (Lipinski definition) is 2. The van der Waals surface area contributed by atoms with Crippen molar-refractivity contribution >= 4 is 46.2 Å². The number of rotatable bonds is 4. The zero-order valence-corrected chi connectivity index (χ0v) is 18.1. The van der Waals surface area contributed by atoms with E-state index in [4.69, 9.17) is 5.10 Å². The van der Waals surface area contributed by atoms with Crippen LogP contribution in [0, 0.1) is 0 Å². The third kappa shape index (κ3) is 4.34. The predicted molar refractivity (Wildman–Crippen MR) is 121 cm³/mol. The highest BCUT2D eigenvalue weighted by atomic mass is 35.5. The van der Waals surface area contributed by atoms with E-state index in [0.29, 0.717) is 6.54 Å². The largest absolute Gasteiger partial charge is 0.386 e. The molecule has 0 spiro atoms. The maximum absolute atomic E-state index is 10.8. The van der Waals surface area contributed by atoms with Crippen LogP contribution in [0.1, 0.15) is 23.1 Å². The molecule has 1 atom stereocenters. The molecule has 2 N–H and O–H groups in total. The van der Waals surface area contributed by atoms with Gasteiger partial charge in [0.2, 0.25) is 0 Å². The lowest BCUT2D eigenvalue weighted by Gasteiger charge is -2.11. The molecule has 1 aliphatic heterocycles. The molecule has 4 aromatic rings. The van der Waals surface area contributed by atoms with Crippen molar-refractivity contribution in [3.63, 3.8) is 0 Å². The van der Waals surface area contributed by atoms with Crippen LogP contribution in [0.4, 0.5) is 0 Å². The van der Waals surface area contributed by atoms with Gasteiger partial charge in [0.25, 0.3) is 0 Å². The monoisotopic (exact) mass is 451 g/mol. The summed E-state index contributed by atoms with van der Waals surface area (Å²) in [5.74, 6) is 0.802. The van der Waals surface area contributed by atoms with E-state index in [1.165, 1.54) is 15.8 Å². The van der Waals surface area contributed by atoms with Gasteiger partial charge in [-0.3, -0.25) is 4.68 Å². The van der Waals surface area contributed by atoms with Crippen molar-refractivity contribution in [2.24, 2.45) is 0 Å². The molecule has 9 heteroatoms. The second-order valence-corrected chi connectivity index (χ2v) is 8.00. The summed E-state index contributed by atoms with van der Waals surface area (Å²) in [6.45, 7) is 3.24. The van der Waals surface area contributed by atoms with Gasteiger partial charge in [-0.25, -0.2) is 4.98 Å². The molecule has 29 heavy (non-hydrogen) atoms. The zero-order chi connectivity index (χ0) is 18.2. The van der Waals surface area contributed by atoms with Crippen LogP contribution in [0.25, 0.3) is 21.6 Å². The van der Waals surface area contributed by atoms with Crippen LogP contribution in [0.15, 0.2) is 48.8 Å². The Morgan fingerprint density at radius 3 is 2.93 bits per heavy atom. The number of aliphatic hydroxyl groups is 1. The van der Waals surface area contributed by atoms with Gasteiger partial charge < -0.3 is 15.0 Å². The van der Waals surface area contributed by atoms with Gasteiger partial charge in [0.15, 0.2) is 5.82 Å². The van der Waals surface area contributed by atoms with Crippen LogP contribution in [0.2, 0.25) is 0 Å². The number of aromatic nitrogens is 4. The number of fused-ring (bicyclic) bond motifs is 2. The first-order valence-corrected chi connectivity index (χ1v) is 10.0. The second-order valence-electron chi connectivity index (χ2n) is 6.88. The summed E-state index contributed by atoms with van der Waals surface area (Å²) in [7, 11) is 0. The molecule has 0 radical (unpaired) electrons. The summed E-state index contributed by atoms with van der Waals surface area (Å²) in [5.41, 5.74) is 2.05. The van der Waals surface area contributed by atoms with E-state index in [9.17, 15) is 5.11 Å². The maximum Gasteiger partial charge on any atom is 0.160 e. The van der Waals surface area contributed by atoms with Crippen molar-refractivity contribution < 1.29 is 5.11 Å². The van der Waals surface area contributed by atoms with E-state index in [-0.39, 0.29) is 24.8 Å². The zero-order valence-electron chi connectivity index (χ0n) is 15.7. The topological polar surface area (TPSA) is 67.9 Å². The van der Waals surface area contributed by atoms with Gasteiger partial charge in [0.05, 0.1) is 12.2 Å². The molecular formula is C20H23Cl2N5OS. The SMILES string of the molecule is Cl.Cl.OC(Cn1ccnc1-c1cc2n(n1)CCCNC2)c1cc2ccccc2s1. The molecule has 0 fully saturated rings. The Labute approximate surface area is 185 Å². The standard InChI is InChI=1S/C20H21N5OS.2ClH/c26-17(19-10-14-4-1-2-5-18(14)27-19)13-24-9-7-22-20(24)16-11-15-12-21-6-3-8-25(15)23-16;;/h1-2,4-5,7,9-11,17,21,26H,3,6,8,12-13H2;2*1H. The summed E-state index contributed by atoms with van der Waals surface area (Å²) in [6.07, 6.45) is 4.19. The minimum atomic E-state index is -0.572. The molecule has 0 saturated carbocycles. The number of imidazole rings is 1. The van der Waals surface area contributed by atoms with Crippen LogP contribution < -0.4 is 5.32 Å². The predicted octanol–water partition coefficient (Wildman–Crippen LogP) is 4.03. The first kappa shape index (κ1) is 21.8. The Morgan fingerprint density at radius 1 is 1.21 bits per heavy atom. The number of benzene rings is 1. The third-order valence-electron chi connectivity index (χ3n) is 4.98. The fourth-order valence-electron chi connectivity index (χ4n) is 3.60. The molecule has 154 valence electrons. The fourth-order valence-corrected chi connectivity index (χ4v) is 4.65. The number of hydrogen-bond acceptors (Lipinski definition) is 5. The van der Waals surface area contributed by atoms with E-state index >= 15 is 0 Å². The minimum absolute atomic E-state index is 0. The quantitative estimate of drug-likeness (QED) is 0.491. The van der Waals surface area contributed by atoms with Crippen LogP contribution in [0.3, 0.4) is 0 Å². The molecule has 1 aromatic carbocycles. The van der Waals surface area contributed by atoms with E-state index in [0.717, 1.165) is 42.5 Å². The van der Waals surface area contributed by atoms with Gasteiger partial charge >= 0.3 is 0 Å². The molecular weight excluding hydrogens is 429 g/mol. The maximum atomic E-state index is 10.8. The smallest absolute Gasteiger partial charge is 0.160 e. The average molecular weight is 452 g/mol. The summed E-state index contributed by atoms with van der Waals surface area (Å²) in [6, 6.07) is 12.4. The average Bonchev–Trinajstić information content (AvgIpc) is 3.37. The molecule has 6 nitrogen and oxygen atoms in total. The van der Waals surface area contributed by atoms with Crippen LogP contribution >= 0.6 is 36.2 Å². The van der Waals surface area contributed by atoms with Crippen LogP contribution in [-0.4, -0.2) is 31.0 Å². The highest BCUT2D eigenvalue weighted by Crippen LogP contribution is 2.31. The van der Waals surface area contributed by atoms with E-state index in [1.807, 2.05) is 22.9 Å². The molecule has 1 unspecified atom stereocenters. The lowest BCUT2D eigenvalue weighted by Crippen LogP contribution is -2.11. The van der Waals surface area contributed by atoms with Gasteiger partial charge in [-0.1, -0.05) is 18.2 Å². The number of aliphatic hydroxyl groups excluding tert-OH is 1. The molecule has 0 aliphatic carbocycles. The van der Waals surface area contributed by atoms with E-state index in [2.05, 4.69) is 39.2 Å². The fraction of sp³-hybridized carbons (Fsp3) is 0.300. The van der Waals surface area contributed by atoms with Crippen molar-refractivity contribution in [3.05, 3.63) is 59.4 Å². The normalized spacial score (nSPS) is 14.5. The van der Waals surface area contributed by atoms with Crippen LogP contribution in [0.5, 0.6) is 0 Å². The molecule has 4 heterocycles. The summed E-state index contributed by atoms with van der Waals surface area (Å²) >= 11 is 1.64. The highest BCUT2D eigenvalue weighted by molar-refractivity contribution is 7.19. The number of halogens is 2. The number of thiophene rings is 1. The second kappa shape index (κ2) is 9.28. The Bertz CT molecular complexity index is 1030. The molecule has 3 aromatic heterocycles. The van der Waals surface area contributed by atoms with Gasteiger partial charge in [0.1, 0.15) is 11.8 Å². The van der Waals surface area contributed by atoms with Crippen molar-refractivity contribution in [1.29, 1.82) is 0 Å². The molecule has 5 rings (SSSR count). The van der Waals surface area contributed by atoms with Gasteiger partial charge in [-0.05, 0) is 36.6 Å². The molecule has 0 amide bonds. The number of nitrogens with zero attached hydrogens (tertiary/aromatic N) is 4. The molecule has 0 bridgehead atoms. The van der Waals surface area contributed by atoms with Gasteiger partial charge in [-0.15, -0.1) is 36.2 Å². The minimum Gasteiger partial charge on any atom is -0.386 e. The first-order valence-electron chi connectivity index (χ1n) is 9.23. The van der Waals surface area contributed by atoms with Crippen LogP contribution in [-0.2, 0) is 19.6 Å². The summed E-state index contributed by atoms with van der Waals surface area (Å²) in [4.78, 5) is 5.47. The molecule has 0 saturated heterocycles. The van der Waals surface area contributed by atoms with Crippen molar-refractivity contribution in [1.82, 2.24) is 24.6 Å². The Morgan fingerprint density at radius 2 is 2.07 bits per heavy atom. The summed E-state index contributed by atoms with van der Waals surface area (Å²) in [5, 5.41) is 20.1. The van der Waals surface area contributed by atoms with E-state index in [1.54, 1.807) is 17.5 Å². The Hall–Kier alpha value is -1.90. The highest BCUT2D eigenvalue weighted by Gasteiger charge is 2.18. The van der Waals surface area contributed by atoms with E-state index < -0.39 is 6.10 Å². The lowest BCUT2D eigenvalue weighted by atomic mass is 10.2.